The van der Waals surface area contributed by atoms with Crippen LogP contribution in [0.25, 0.3) is 10.4 Å². The van der Waals surface area contributed by atoms with Crippen LogP contribution in [0.15, 0.2) is 42.6 Å². The number of carboxylic acid groups (broad SMARTS) is 1. The first-order valence-electron chi connectivity index (χ1n) is 12.6. The molecule has 0 spiro atoms. The number of carboxylic acids is 1. The van der Waals surface area contributed by atoms with Gasteiger partial charge in [0, 0.05) is 29.4 Å². The highest BCUT2D eigenvalue weighted by Gasteiger charge is 2.66. The van der Waals surface area contributed by atoms with E-state index in [0.717, 1.165) is 47.6 Å². The lowest BCUT2D eigenvalue weighted by Crippen LogP contribution is -2.62. The van der Waals surface area contributed by atoms with Gasteiger partial charge in [-0.25, -0.2) is 22.9 Å². The van der Waals surface area contributed by atoms with E-state index in [4.69, 9.17) is 4.98 Å². The number of nitrogens with zero attached hydrogens (tertiary/aromatic N) is 1. The Morgan fingerprint density at radius 2 is 1.63 bits per heavy atom. The van der Waals surface area contributed by atoms with Crippen molar-refractivity contribution in [1.82, 2.24) is 4.98 Å². The van der Waals surface area contributed by atoms with E-state index in [1.807, 2.05) is 18.3 Å². The van der Waals surface area contributed by atoms with Gasteiger partial charge in [0.25, 0.3) is 0 Å². The number of rotatable bonds is 5. The minimum Gasteiger partial charge on any atom is -0.481 e. The van der Waals surface area contributed by atoms with Crippen molar-refractivity contribution in [2.24, 2.45) is 23.2 Å². The summed E-state index contributed by atoms with van der Waals surface area (Å²) < 4.78 is 40.3. The summed E-state index contributed by atoms with van der Waals surface area (Å²) in [4.78, 5) is 30.4. The van der Waals surface area contributed by atoms with Crippen molar-refractivity contribution in [2.45, 2.75) is 44.4 Å². The minimum atomic E-state index is -1.34. The number of nitrogens with one attached hydrogen (secondary N) is 2. The highest BCUT2D eigenvalue weighted by atomic mass is 32.1. The van der Waals surface area contributed by atoms with Gasteiger partial charge in [0.05, 0.1) is 21.0 Å². The predicted molar refractivity (Wildman–Crippen MR) is 137 cm³/mol. The van der Waals surface area contributed by atoms with Gasteiger partial charge >= 0.3 is 12.0 Å². The van der Waals surface area contributed by atoms with Crippen molar-refractivity contribution in [1.29, 1.82) is 0 Å². The maximum absolute atomic E-state index is 13.8. The van der Waals surface area contributed by atoms with E-state index in [1.54, 1.807) is 23.5 Å². The lowest BCUT2D eigenvalue weighted by Gasteiger charge is -2.63. The second-order valence-electron chi connectivity index (χ2n) is 11.1. The van der Waals surface area contributed by atoms with Crippen LogP contribution in [0, 0.1) is 40.6 Å². The summed E-state index contributed by atoms with van der Waals surface area (Å²) in [6, 6.07) is 7.17. The first-order chi connectivity index (χ1) is 18.1. The molecule has 4 bridgehead atoms. The molecule has 6 nitrogen and oxygen atoms in total. The molecule has 3 aromatic rings. The predicted octanol–water partition coefficient (Wildman–Crippen LogP) is 7.04. The fourth-order valence-electron chi connectivity index (χ4n) is 7.39. The minimum absolute atomic E-state index is 0.0174. The third kappa shape index (κ3) is 3.88. The highest BCUT2D eigenvalue weighted by Crippen LogP contribution is 2.68. The summed E-state index contributed by atoms with van der Waals surface area (Å²) in [5, 5.41) is 15.9. The zero-order valence-corrected chi connectivity index (χ0v) is 21.4. The summed E-state index contributed by atoms with van der Waals surface area (Å²) in [6.45, 7) is 2.10. The summed E-state index contributed by atoms with van der Waals surface area (Å²) in [7, 11) is 0. The second kappa shape index (κ2) is 8.83. The van der Waals surface area contributed by atoms with Crippen molar-refractivity contribution >= 4 is 34.7 Å². The van der Waals surface area contributed by atoms with Crippen LogP contribution in [0.3, 0.4) is 0 Å². The van der Waals surface area contributed by atoms with E-state index in [0.29, 0.717) is 29.7 Å². The molecule has 7 rings (SSSR count). The van der Waals surface area contributed by atoms with Crippen LogP contribution >= 0.6 is 11.3 Å². The fraction of sp³-hybridized carbons (Fsp3) is 0.393. The number of carbonyl (C=O) groups is 2. The van der Waals surface area contributed by atoms with Crippen LogP contribution < -0.4 is 10.6 Å². The first-order valence-corrected chi connectivity index (χ1v) is 13.4. The number of benzene rings is 2. The monoisotopic (exact) mass is 541 g/mol. The third-order valence-corrected chi connectivity index (χ3v) is 10.2. The van der Waals surface area contributed by atoms with Crippen LogP contribution in [0.2, 0.25) is 0 Å². The number of thiazole rings is 1. The van der Waals surface area contributed by atoms with E-state index in [9.17, 15) is 27.9 Å². The molecule has 4 fully saturated rings. The average molecular weight is 542 g/mol. The van der Waals surface area contributed by atoms with Crippen molar-refractivity contribution in [2.75, 3.05) is 10.6 Å². The van der Waals surface area contributed by atoms with E-state index in [2.05, 4.69) is 17.6 Å². The molecule has 0 radical (unpaired) electrons. The highest BCUT2D eigenvalue weighted by molar-refractivity contribution is 7.15. The SMILES string of the molecule is CC1C2(C(=O)O)CC3CC(C2)CC1(c1ncc(-c2ccc(NC(=O)Nc4cc(F)c(F)cc4F)cc2)s1)C3. The zero-order chi connectivity index (χ0) is 26.8. The molecule has 38 heavy (non-hydrogen) atoms. The number of carbonyl (C=O) groups excluding carboxylic acids is 1. The Kier molecular flexibility index (Phi) is 5.79. The van der Waals surface area contributed by atoms with Gasteiger partial charge in [0.1, 0.15) is 5.82 Å². The van der Waals surface area contributed by atoms with Gasteiger partial charge in [-0.15, -0.1) is 11.3 Å². The normalized spacial score (nSPS) is 29.3. The molecule has 4 saturated carbocycles. The van der Waals surface area contributed by atoms with Crippen LogP contribution in [0.4, 0.5) is 29.3 Å². The van der Waals surface area contributed by atoms with E-state index in [1.165, 1.54) is 0 Å². The maximum Gasteiger partial charge on any atom is 0.323 e. The van der Waals surface area contributed by atoms with Crippen LogP contribution in [0.5, 0.6) is 0 Å². The molecule has 198 valence electrons. The Bertz CT molecular complexity index is 1430. The quantitative estimate of drug-likeness (QED) is 0.302. The molecule has 2 amide bonds. The molecule has 0 aliphatic heterocycles. The van der Waals surface area contributed by atoms with Crippen molar-refractivity contribution < 1.29 is 27.9 Å². The average Bonchev–Trinajstić information content (AvgIpc) is 3.37. The smallest absolute Gasteiger partial charge is 0.323 e. The summed E-state index contributed by atoms with van der Waals surface area (Å²) in [5.41, 5.74) is -0.0143. The third-order valence-electron chi connectivity index (χ3n) is 8.98. The molecule has 3 atom stereocenters. The lowest BCUT2D eigenvalue weighted by molar-refractivity contribution is -0.180. The number of amides is 2. The zero-order valence-electron chi connectivity index (χ0n) is 20.6. The molecule has 10 heteroatoms. The molecule has 0 saturated heterocycles. The Labute approximate surface area is 221 Å². The lowest BCUT2D eigenvalue weighted by atomic mass is 9.40. The van der Waals surface area contributed by atoms with Gasteiger partial charge < -0.3 is 15.7 Å². The standard InChI is InChI=1S/C28H26F3N3O3S/c1-14-27(9-15-6-16(10-27)12-28(14,11-15)25(35)36)24-32-13-23(38-24)17-2-4-18(5-3-17)33-26(37)34-22-8-20(30)19(29)7-21(22)31/h2-5,7-8,13-16H,6,9-12H2,1H3,(H,35,36)(H2,33,34,37). The number of aromatic nitrogens is 1. The maximum atomic E-state index is 13.8. The molecule has 4 aliphatic rings. The number of hydrogen-bond acceptors (Lipinski definition) is 4. The molecular formula is C28H26F3N3O3S. The van der Waals surface area contributed by atoms with Gasteiger partial charge in [-0.05, 0) is 67.6 Å². The van der Waals surface area contributed by atoms with Gasteiger partial charge in [-0.2, -0.15) is 0 Å². The van der Waals surface area contributed by atoms with Crippen molar-refractivity contribution in [3.8, 4) is 10.4 Å². The van der Waals surface area contributed by atoms with Crippen LogP contribution in [-0.4, -0.2) is 22.1 Å². The fourth-order valence-corrected chi connectivity index (χ4v) is 8.61. The van der Waals surface area contributed by atoms with Gasteiger partial charge in [0.2, 0.25) is 0 Å². The molecule has 1 aromatic heterocycles. The number of urea groups is 1. The molecule has 4 aliphatic carbocycles. The van der Waals surface area contributed by atoms with Gasteiger partial charge in [0.15, 0.2) is 11.6 Å². The molecule has 3 unspecified atom stereocenters. The molecular weight excluding hydrogens is 515 g/mol. The summed E-state index contributed by atoms with van der Waals surface area (Å²) >= 11 is 1.60. The Hall–Kier alpha value is -3.40. The van der Waals surface area contributed by atoms with Crippen molar-refractivity contribution in [3.05, 3.63) is 65.1 Å². The number of anilines is 2. The van der Waals surface area contributed by atoms with E-state index in [-0.39, 0.29) is 11.3 Å². The molecule has 2 aromatic carbocycles. The molecule has 3 N–H and O–H groups in total. The van der Waals surface area contributed by atoms with Gasteiger partial charge in [-0.1, -0.05) is 19.1 Å². The first kappa shape index (κ1) is 24.9. The number of halogens is 3. The Morgan fingerprint density at radius 3 is 2.29 bits per heavy atom. The number of aliphatic carboxylic acids is 1. The topological polar surface area (TPSA) is 91.3 Å². The Balaban J connectivity index is 1.18. The van der Waals surface area contributed by atoms with E-state index >= 15 is 0 Å². The second-order valence-corrected chi connectivity index (χ2v) is 12.1. The van der Waals surface area contributed by atoms with Crippen LogP contribution in [-0.2, 0) is 10.2 Å². The number of hydrogen-bond donors (Lipinski definition) is 3. The summed E-state index contributed by atoms with van der Waals surface area (Å²) in [6.07, 6.45) is 6.47. The molecule has 1 heterocycles. The van der Waals surface area contributed by atoms with E-state index < -0.39 is 40.6 Å². The van der Waals surface area contributed by atoms with Crippen LogP contribution in [0.1, 0.15) is 44.0 Å². The van der Waals surface area contributed by atoms with Crippen molar-refractivity contribution in [3.63, 3.8) is 0 Å². The summed E-state index contributed by atoms with van der Waals surface area (Å²) in [5.74, 6) is -3.48. The largest absolute Gasteiger partial charge is 0.481 e. The Morgan fingerprint density at radius 1 is 0.974 bits per heavy atom. The van der Waals surface area contributed by atoms with Gasteiger partial charge in [-0.3, -0.25) is 4.79 Å².